The smallest absolute Gasteiger partial charge is 0.234 e. The third-order valence-corrected chi connectivity index (χ3v) is 8.89. The van der Waals surface area contributed by atoms with Gasteiger partial charge in [0.2, 0.25) is 5.91 Å². The molecule has 4 aliphatic carbocycles. The molecule has 4 nitrogen and oxygen atoms in total. The lowest BCUT2D eigenvalue weighted by Gasteiger charge is -2.62. The Hall–Kier alpha value is -1.39. The SMILES string of the molecule is O=C(CN1CCN2CCCC2C1)NC12CC3CC(C1)CC(c1ccccc1)(C3)C2. The summed E-state index contributed by atoms with van der Waals surface area (Å²) >= 11 is 0. The second kappa shape index (κ2) is 6.81. The van der Waals surface area contributed by atoms with E-state index in [1.807, 2.05) is 0 Å². The van der Waals surface area contributed by atoms with Crippen LogP contribution >= 0.6 is 0 Å². The van der Waals surface area contributed by atoms with Crippen LogP contribution in [-0.2, 0) is 10.2 Å². The lowest BCUT2D eigenvalue weighted by Crippen LogP contribution is -2.65. The number of carbonyl (C=O) groups is 1. The van der Waals surface area contributed by atoms with Crippen molar-refractivity contribution in [2.24, 2.45) is 11.8 Å². The Morgan fingerprint density at radius 2 is 1.83 bits per heavy atom. The molecule has 2 saturated heterocycles. The molecule has 1 amide bonds. The Morgan fingerprint density at radius 3 is 2.62 bits per heavy atom. The highest BCUT2D eigenvalue weighted by Crippen LogP contribution is 2.62. The molecule has 0 radical (unpaired) electrons. The average molecular weight is 394 g/mol. The summed E-state index contributed by atoms with van der Waals surface area (Å²) in [6.07, 6.45) is 10.3. The number of fused-ring (bicyclic) bond motifs is 1. The maximum absolute atomic E-state index is 13.2. The number of hydrogen-bond acceptors (Lipinski definition) is 3. The zero-order valence-electron chi connectivity index (χ0n) is 17.6. The number of nitrogens with one attached hydrogen (secondary N) is 1. The van der Waals surface area contributed by atoms with Gasteiger partial charge in [-0.2, -0.15) is 0 Å². The van der Waals surface area contributed by atoms with Crippen LogP contribution in [-0.4, -0.2) is 60.0 Å². The Balaban J connectivity index is 1.16. The molecule has 1 aromatic rings. The van der Waals surface area contributed by atoms with E-state index >= 15 is 0 Å². The van der Waals surface area contributed by atoms with Crippen LogP contribution in [0.15, 0.2) is 30.3 Å². The Morgan fingerprint density at radius 1 is 1.03 bits per heavy atom. The number of benzene rings is 1. The van der Waals surface area contributed by atoms with Crippen LogP contribution in [0.3, 0.4) is 0 Å². The fourth-order valence-corrected chi connectivity index (χ4v) is 8.28. The molecule has 4 bridgehead atoms. The molecule has 3 atom stereocenters. The van der Waals surface area contributed by atoms with Crippen LogP contribution < -0.4 is 5.32 Å². The van der Waals surface area contributed by atoms with E-state index < -0.39 is 0 Å². The van der Waals surface area contributed by atoms with Crippen molar-refractivity contribution >= 4 is 5.91 Å². The minimum atomic E-state index is 0.0478. The van der Waals surface area contributed by atoms with Crippen molar-refractivity contribution in [3.8, 4) is 0 Å². The maximum Gasteiger partial charge on any atom is 0.234 e. The topological polar surface area (TPSA) is 35.6 Å². The highest BCUT2D eigenvalue weighted by Gasteiger charge is 2.58. The van der Waals surface area contributed by atoms with Gasteiger partial charge in [0, 0.05) is 31.2 Å². The molecule has 3 unspecified atom stereocenters. The maximum atomic E-state index is 13.2. The number of nitrogens with zero attached hydrogens (tertiary/aromatic N) is 2. The molecule has 7 rings (SSSR count). The van der Waals surface area contributed by atoms with Crippen LogP contribution in [0.2, 0.25) is 0 Å². The van der Waals surface area contributed by atoms with Crippen LogP contribution in [0.5, 0.6) is 0 Å². The van der Waals surface area contributed by atoms with Gasteiger partial charge in [0.05, 0.1) is 6.54 Å². The van der Waals surface area contributed by atoms with E-state index in [9.17, 15) is 4.79 Å². The summed E-state index contributed by atoms with van der Waals surface area (Å²) in [6.45, 7) is 5.14. The number of hydrogen-bond donors (Lipinski definition) is 1. The van der Waals surface area contributed by atoms with Gasteiger partial charge in [0.25, 0.3) is 0 Å². The summed E-state index contributed by atoms with van der Waals surface area (Å²) in [5, 5.41) is 3.63. The van der Waals surface area contributed by atoms with E-state index in [0.717, 1.165) is 37.9 Å². The largest absolute Gasteiger partial charge is 0.350 e. The van der Waals surface area contributed by atoms with Crippen molar-refractivity contribution in [1.82, 2.24) is 15.1 Å². The number of amides is 1. The average Bonchev–Trinajstić information content (AvgIpc) is 3.15. The van der Waals surface area contributed by atoms with Gasteiger partial charge < -0.3 is 5.32 Å². The quantitative estimate of drug-likeness (QED) is 0.853. The number of piperazine rings is 1. The summed E-state index contributed by atoms with van der Waals surface area (Å²) < 4.78 is 0. The first-order valence-corrected chi connectivity index (χ1v) is 11.9. The summed E-state index contributed by atoms with van der Waals surface area (Å²) in [5.74, 6) is 1.86. The van der Waals surface area contributed by atoms with Gasteiger partial charge in [-0.3, -0.25) is 14.6 Å². The molecule has 6 aliphatic rings. The normalized spacial score (nSPS) is 41.4. The molecular formula is C25H35N3O. The predicted molar refractivity (Wildman–Crippen MR) is 115 cm³/mol. The van der Waals surface area contributed by atoms with Gasteiger partial charge in [-0.1, -0.05) is 30.3 Å². The molecule has 0 aromatic heterocycles. The number of carbonyl (C=O) groups excluding carboxylic acids is 1. The minimum Gasteiger partial charge on any atom is -0.350 e. The Kier molecular flexibility index (Phi) is 4.32. The van der Waals surface area contributed by atoms with E-state index in [2.05, 4.69) is 45.4 Å². The van der Waals surface area contributed by atoms with Crippen molar-refractivity contribution in [1.29, 1.82) is 0 Å². The van der Waals surface area contributed by atoms with Crippen LogP contribution in [0, 0.1) is 11.8 Å². The van der Waals surface area contributed by atoms with Crippen molar-refractivity contribution in [3.63, 3.8) is 0 Å². The zero-order chi connectivity index (χ0) is 19.5. The molecule has 4 saturated carbocycles. The van der Waals surface area contributed by atoms with E-state index in [1.54, 1.807) is 0 Å². The van der Waals surface area contributed by atoms with E-state index in [4.69, 9.17) is 0 Å². The highest BCUT2D eigenvalue weighted by atomic mass is 16.2. The van der Waals surface area contributed by atoms with Crippen molar-refractivity contribution < 1.29 is 4.79 Å². The molecule has 1 N–H and O–H groups in total. The molecule has 2 aliphatic heterocycles. The summed E-state index contributed by atoms with van der Waals surface area (Å²) in [6, 6.07) is 11.9. The third-order valence-electron chi connectivity index (χ3n) is 8.89. The van der Waals surface area contributed by atoms with Crippen molar-refractivity contribution in [2.45, 2.75) is 68.4 Å². The second-order valence-corrected chi connectivity index (χ2v) is 11.0. The number of rotatable bonds is 4. The fourth-order valence-electron chi connectivity index (χ4n) is 8.28. The molecule has 0 spiro atoms. The van der Waals surface area contributed by atoms with Crippen LogP contribution in [0.4, 0.5) is 0 Å². The van der Waals surface area contributed by atoms with Gasteiger partial charge in [0.1, 0.15) is 0 Å². The van der Waals surface area contributed by atoms with E-state index in [-0.39, 0.29) is 11.4 Å². The third kappa shape index (κ3) is 3.23. The molecule has 2 heterocycles. The molecule has 6 fully saturated rings. The standard InChI is InChI=1S/C25H35N3O/c29-23(17-27-9-10-28-8-4-7-22(28)16-27)26-25-14-19-11-20(15-25)13-24(12-19,18-25)21-5-2-1-3-6-21/h1-3,5-6,19-20,22H,4,7-18H2,(H,26,29). The van der Waals surface area contributed by atoms with Crippen LogP contribution in [0.1, 0.15) is 56.9 Å². The lowest BCUT2D eigenvalue weighted by molar-refractivity contribution is -0.129. The minimum absolute atomic E-state index is 0.0478. The van der Waals surface area contributed by atoms with Gasteiger partial charge in [-0.05, 0) is 80.7 Å². The first-order valence-electron chi connectivity index (χ1n) is 11.9. The van der Waals surface area contributed by atoms with E-state index in [0.29, 0.717) is 18.0 Å². The van der Waals surface area contributed by atoms with E-state index in [1.165, 1.54) is 57.1 Å². The zero-order valence-corrected chi connectivity index (χ0v) is 17.6. The summed E-state index contributed by atoms with van der Waals surface area (Å²) in [4.78, 5) is 18.2. The lowest BCUT2D eigenvalue weighted by atomic mass is 9.45. The Bertz CT molecular complexity index is 764. The van der Waals surface area contributed by atoms with Gasteiger partial charge in [0.15, 0.2) is 0 Å². The molecule has 4 heteroatoms. The summed E-state index contributed by atoms with van der Waals surface area (Å²) in [7, 11) is 0. The summed E-state index contributed by atoms with van der Waals surface area (Å²) in [5.41, 5.74) is 1.87. The van der Waals surface area contributed by atoms with Gasteiger partial charge in [-0.25, -0.2) is 0 Å². The van der Waals surface area contributed by atoms with Gasteiger partial charge in [-0.15, -0.1) is 0 Å². The predicted octanol–water partition coefficient (Wildman–Crippen LogP) is 3.17. The van der Waals surface area contributed by atoms with Gasteiger partial charge >= 0.3 is 0 Å². The fraction of sp³-hybridized carbons (Fsp3) is 0.720. The second-order valence-electron chi connectivity index (χ2n) is 11.0. The van der Waals surface area contributed by atoms with Crippen molar-refractivity contribution in [3.05, 3.63) is 35.9 Å². The molecule has 156 valence electrons. The molecule has 1 aromatic carbocycles. The molecular weight excluding hydrogens is 358 g/mol. The first kappa shape index (κ1) is 18.4. The highest BCUT2D eigenvalue weighted by molar-refractivity contribution is 5.79. The monoisotopic (exact) mass is 393 g/mol. The molecule has 29 heavy (non-hydrogen) atoms. The van der Waals surface area contributed by atoms with Crippen molar-refractivity contribution in [2.75, 3.05) is 32.7 Å². The first-order chi connectivity index (χ1) is 14.1. The van der Waals surface area contributed by atoms with Crippen LogP contribution in [0.25, 0.3) is 0 Å². The Labute approximate surface area is 175 Å².